The fourth-order valence-corrected chi connectivity index (χ4v) is 2.30. The molecule has 1 saturated heterocycles. The minimum absolute atomic E-state index is 0.00167. The molecule has 3 amide bonds. The number of hydrogen-bond acceptors (Lipinski definition) is 3. The molecule has 7 heteroatoms. The van der Waals surface area contributed by atoms with Crippen LogP contribution in [0.4, 0.5) is 4.79 Å². The van der Waals surface area contributed by atoms with E-state index in [0.717, 1.165) is 12.8 Å². The third-order valence-corrected chi connectivity index (χ3v) is 3.81. The number of amides is 3. The summed E-state index contributed by atoms with van der Waals surface area (Å²) in [6, 6.07) is -0.632. The van der Waals surface area contributed by atoms with Gasteiger partial charge in [-0.3, -0.25) is 4.79 Å². The Bertz CT molecular complexity index is 398. The van der Waals surface area contributed by atoms with Crippen molar-refractivity contribution in [3.05, 3.63) is 0 Å². The number of piperidine rings is 1. The van der Waals surface area contributed by atoms with Gasteiger partial charge in [0.25, 0.3) is 0 Å². The molecule has 2 unspecified atom stereocenters. The van der Waals surface area contributed by atoms with E-state index in [9.17, 15) is 19.5 Å². The minimum atomic E-state index is -1.21. The number of urea groups is 1. The maximum absolute atomic E-state index is 11.8. The van der Waals surface area contributed by atoms with Crippen molar-refractivity contribution in [1.29, 1.82) is 0 Å². The second kappa shape index (κ2) is 5.07. The summed E-state index contributed by atoms with van der Waals surface area (Å²) in [5.74, 6) is -1.03. The summed E-state index contributed by atoms with van der Waals surface area (Å²) in [4.78, 5) is 34.1. The molecule has 106 valence electrons. The van der Waals surface area contributed by atoms with Crippen LogP contribution in [0.2, 0.25) is 0 Å². The number of rotatable bonds is 4. The highest BCUT2D eigenvalue weighted by Gasteiger charge is 2.48. The summed E-state index contributed by atoms with van der Waals surface area (Å²) in [6.07, 6.45) is 2.60. The Kier molecular flexibility index (Phi) is 3.64. The molecule has 1 saturated carbocycles. The van der Waals surface area contributed by atoms with E-state index in [1.165, 1.54) is 6.92 Å². The molecule has 1 aliphatic carbocycles. The quantitative estimate of drug-likeness (QED) is 0.567. The summed E-state index contributed by atoms with van der Waals surface area (Å²) in [5.41, 5.74) is -1.21. The predicted molar refractivity (Wildman–Crippen MR) is 66.5 cm³/mol. The molecule has 0 aromatic heterocycles. The van der Waals surface area contributed by atoms with Crippen molar-refractivity contribution in [3.8, 4) is 0 Å². The standard InChI is InChI=1S/C12H19N3O4/c1-12(10(17)18,7-2-3-7)15-11(19)14-8-4-5-9(16)13-6-8/h7-8H,2-6H2,1H3,(H,13,16)(H,17,18)(H2,14,15,19). The van der Waals surface area contributed by atoms with Crippen LogP contribution in [-0.4, -0.2) is 41.1 Å². The Balaban J connectivity index is 1.86. The number of carboxylic acids is 1. The summed E-state index contributed by atoms with van der Waals surface area (Å²) in [5, 5.41) is 17.1. The first-order valence-corrected chi connectivity index (χ1v) is 6.50. The maximum Gasteiger partial charge on any atom is 0.329 e. The molecule has 0 aromatic rings. The molecule has 0 spiro atoms. The van der Waals surface area contributed by atoms with Crippen molar-refractivity contribution >= 4 is 17.9 Å². The highest BCUT2D eigenvalue weighted by molar-refractivity contribution is 5.87. The van der Waals surface area contributed by atoms with Crippen molar-refractivity contribution < 1.29 is 19.5 Å². The van der Waals surface area contributed by atoms with Crippen LogP contribution in [-0.2, 0) is 9.59 Å². The molecule has 1 aliphatic heterocycles. The molecule has 2 rings (SSSR count). The Labute approximate surface area is 111 Å². The van der Waals surface area contributed by atoms with E-state index in [2.05, 4.69) is 16.0 Å². The first-order chi connectivity index (χ1) is 8.91. The van der Waals surface area contributed by atoms with Gasteiger partial charge in [-0.1, -0.05) is 0 Å². The Morgan fingerprint density at radius 1 is 1.37 bits per heavy atom. The van der Waals surface area contributed by atoms with E-state index in [0.29, 0.717) is 19.4 Å². The molecule has 19 heavy (non-hydrogen) atoms. The van der Waals surface area contributed by atoms with Crippen molar-refractivity contribution in [3.63, 3.8) is 0 Å². The highest BCUT2D eigenvalue weighted by Crippen LogP contribution is 2.39. The molecular formula is C12H19N3O4. The summed E-state index contributed by atoms with van der Waals surface area (Å²) >= 11 is 0. The third-order valence-electron chi connectivity index (χ3n) is 3.81. The van der Waals surface area contributed by atoms with Gasteiger partial charge in [0.15, 0.2) is 0 Å². The van der Waals surface area contributed by atoms with E-state index < -0.39 is 17.5 Å². The van der Waals surface area contributed by atoms with Crippen molar-refractivity contribution in [2.24, 2.45) is 5.92 Å². The second-order valence-corrected chi connectivity index (χ2v) is 5.42. The van der Waals surface area contributed by atoms with E-state index in [4.69, 9.17) is 0 Å². The number of carboxylic acid groups (broad SMARTS) is 1. The largest absolute Gasteiger partial charge is 0.480 e. The molecular weight excluding hydrogens is 250 g/mol. The number of hydrogen-bond donors (Lipinski definition) is 4. The van der Waals surface area contributed by atoms with Gasteiger partial charge in [0.1, 0.15) is 5.54 Å². The zero-order chi connectivity index (χ0) is 14.0. The van der Waals surface area contributed by atoms with Crippen LogP contribution in [0.15, 0.2) is 0 Å². The van der Waals surface area contributed by atoms with Crippen LogP contribution in [0.5, 0.6) is 0 Å². The van der Waals surface area contributed by atoms with Gasteiger partial charge in [-0.25, -0.2) is 9.59 Å². The van der Waals surface area contributed by atoms with Gasteiger partial charge in [0.2, 0.25) is 5.91 Å². The van der Waals surface area contributed by atoms with Gasteiger partial charge in [-0.2, -0.15) is 0 Å². The van der Waals surface area contributed by atoms with Gasteiger partial charge < -0.3 is 21.1 Å². The van der Waals surface area contributed by atoms with Gasteiger partial charge in [-0.15, -0.1) is 0 Å². The van der Waals surface area contributed by atoms with Gasteiger partial charge in [0, 0.05) is 19.0 Å². The van der Waals surface area contributed by atoms with E-state index in [1.54, 1.807) is 0 Å². The van der Waals surface area contributed by atoms with Crippen molar-refractivity contribution in [1.82, 2.24) is 16.0 Å². The second-order valence-electron chi connectivity index (χ2n) is 5.42. The molecule has 0 aromatic carbocycles. The zero-order valence-electron chi connectivity index (χ0n) is 10.9. The minimum Gasteiger partial charge on any atom is -0.480 e. The number of carbonyl (C=O) groups excluding carboxylic acids is 2. The summed E-state index contributed by atoms with van der Waals surface area (Å²) < 4.78 is 0. The van der Waals surface area contributed by atoms with Crippen LogP contribution in [0.25, 0.3) is 0 Å². The van der Waals surface area contributed by atoms with E-state index in [-0.39, 0.29) is 17.9 Å². The third kappa shape index (κ3) is 3.15. The lowest BCUT2D eigenvalue weighted by Crippen LogP contribution is -2.59. The topological polar surface area (TPSA) is 108 Å². The van der Waals surface area contributed by atoms with E-state index in [1.807, 2.05) is 0 Å². The molecule has 0 bridgehead atoms. The van der Waals surface area contributed by atoms with E-state index >= 15 is 0 Å². The molecule has 4 N–H and O–H groups in total. The fourth-order valence-electron chi connectivity index (χ4n) is 2.30. The Morgan fingerprint density at radius 3 is 2.53 bits per heavy atom. The van der Waals surface area contributed by atoms with Crippen LogP contribution in [0.3, 0.4) is 0 Å². The van der Waals surface area contributed by atoms with Crippen LogP contribution < -0.4 is 16.0 Å². The first-order valence-electron chi connectivity index (χ1n) is 6.50. The van der Waals surface area contributed by atoms with Crippen LogP contribution in [0, 0.1) is 5.92 Å². The molecule has 7 nitrogen and oxygen atoms in total. The summed E-state index contributed by atoms with van der Waals surface area (Å²) in [7, 11) is 0. The van der Waals surface area contributed by atoms with Crippen molar-refractivity contribution in [2.75, 3.05) is 6.54 Å². The zero-order valence-corrected chi connectivity index (χ0v) is 10.9. The lowest BCUT2D eigenvalue weighted by Gasteiger charge is -2.29. The Morgan fingerprint density at radius 2 is 2.05 bits per heavy atom. The predicted octanol–water partition coefficient (Wildman–Crippen LogP) is -0.182. The van der Waals surface area contributed by atoms with Gasteiger partial charge in [-0.05, 0) is 32.1 Å². The van der Waals surface area contributed by atoms with Gasteiger partial charge >= 0.3 is 12.0 Å². The average molecular weight is 269 g/mol. The average Bonchev–Trinajstić information content (AvgIpc) is 3.16. The SMILES string of the molecule is CC(NC(=O)NC1CCC(=O)NC1)(C(=O)O)C1CC1. The molecule has 2 fully saturated rings. The van der Waals surface area contributed by atoms with Crippen LogP contribution >= 0.6 is 0 Å². The number of nitrogens with one attached hydrogen (secondary N) is 3. The highest BCUT2D eigenvalue weighted by atomic mass is 16.4. The van der Waals surface area contributed by atoms with Crippen LogP contribution in [0.1, 0.15) is 32.6 Å². The maximum atomic E-state index is 11.8. The number of aliphatic carboxylic acids is 1. The normalized spacial score (nSPS) is 25.9. The fraction of sp³-hybridized carbons (Fsp3) is 0.750. The Hall–Kier alpha value is -1.79. The smallest absolute Gasteiger partial charge is 0.329 e. The first kappa shape index (κ1) is 13.6. The number of carbonyl (C=O) groups is 3. The van der Waals surface area contributed by atoms with Crippen molar-refractivity contribution in [2.45, 2.75) is 44.2 Å². The monoisotopic (exact) mass is 269 g/mol. The molecule has 2 aliphatic rings. The molecule has 2 atom stereocenters. The summed E-state index contributed by atoms with van der Waals surface area (Å²) in [6.45, 7) is 1.93. The lowest BCUT2D eigenvalue weighted by atomic mass is 9.96. The van der Waals surface area contributed by atoms with Gasteiger partial charge in [0.05, 0.1) is 0 Å². The molecule has 0 radical (unpaired) electrons. The molecule has 1 heterocycles. The lowest BCUT2D eigenvalue weighted by molar-refractivity contribution is -0.144.